The fourth-order valence-electron chi connectivity index (χ4n) is 2.57. The lowest BCUT2D eigenvalue weighted by Gasteiger charge is -2.36. The SMILES string of the molecule is CC(=O)NC1CCN(C(CN)c2cccs2)CC1. The Labute approximate surface area is 112 Å². The van der Waals surface area contributed by atoms with E-state index >= 15 is 0 Å². The number of hydrogen-bond donors (Lipinski definition) is 2. The van der Waals surface area contributed by atoms with Crippen molar-refractivity contribution in [3.05, 3.63) is 22.4 Å². The van der Waals surface area contributed by atoms with Gasteiger partial charge in [0.05, 0.1) is 6.04 Å². The van der Waals surface area contributed by atoms with Gasteiger partial charge in [-0.3, -0.25) is 9.69 Å². The zero-order chi connectivity index (χ0) is 13.0. The zero-order valence-electron chi connectivity index (χ0n) is 10.8. The number of rotatable bonds is 4. The van der Waals surface area contributed by atoms with Crippen molar-refractivity contribution in [1.82, 2.24) is 10.2 Å². The molecule has 0 bridgehead atoms. The number of carbonyl (C=O) groups excluding carboxylic acids is 1. The largest absolute Gasteiger partial charge is 0.354 e. The molecule has 1 saturated heterocycles. The number of likely N-dealkylation sites (tertiary alicyclic amines) is 1. The van der Waals surface area contributed by atoms with Gasteiger partial charge in [0.1, 0.15) is 0 Å². The highest BCUT2D eigenvalue weighted by molar-refractivity contribution is 7.10. The topological polar surface area (TPSA) is 58.4 Å². The van der Waals surface area contributed by atoms with Gasteiger partial charge in [-0.1, -0.05) is 6.07 Å². The highest BCUT2D eigenvalue weighted by Gasteiger charge is 2.25. The third-order valence-electron chi connectivity index (χ3n) is 3.47. The zero-order valence-corrected chi connectivity index (χ0v) is 11.6. The fourth-order valence-corrected chi connectivity index (χ4v) is 3.44. The van der Waals surface area contributed by atoms with Gasteiger partial charge in [-0.05, 0) is 24.3 Å². The molecule has 18 heavy (non-hydrogen) atoms. The lowest BCUT2D eigenvalue weighted by molar-refractivity contribution is -0.120. The lowest BCUT2D eigenvalue weighted by Crippen LogP contribution is -2.46. The molecule has 1 aromatic heterocycles. The standard InChI is InChI=1S/C13H21N3OS/c1-10(17)15-11-4-6-16(7-5-11)12(9-14)13-3-2-8-18-13/h2-3,8,11-12H,4-7,9,14H2,1H3,(H,15,17). The predicted molar refractivity (Wildman–Crippen MR) is 74.5 cm³/mol. The highest BCUT2D eigenvalue weighted by atomic mass is 32.1. The molecule has 1 amide bonds. The van der Waals surface area contributed by atoms with Gasteiger partial charge < -0.3 is 11.1 Å². The van der Waals surface area contributed by atoms with Crippen molar-refractivity contribution in [2.75, 3.05) is 19.6 Å². The quantitative estimate of drug-likeness (QED) is 0.866. The third-order valence-corrected chi connectivity index (χ3v) is 4.45. The van der Waals surface area contributed by atoms with Crippen LogP contribution in [0.5, 0.6) is 0 Å². The summed E-state index contributed by atoms with van der Waals surface area (Å²) < 4.78 is 0. The molecule has 2 heterocycles. The van der Waals surface area contributed by atoms with E-state index in [-0.39, 0.29) is 5.91 Å². The Kier molecular flexibility index (Phi) is 4.74. The summed E-state index contributed by atoms with van der Waals surface area (Å²) in [4.78, 5) is 14.8. The number of nitrogens with zero attached hydrogens (tertiary/aromatic N) is 1. The Morgan fingerprint density at radius 2 is 2.33 bits per heavy atom. The number of hydrogen-bond acceptors (Lipinski definition) is 4. The van der Waals surface area contributed by atoms with Crippen LogP contribution in [0, 0.1) is 0 Å². The summed E-state index contributed by atoms with van der Waals surface area (Å²) in [6.45, 7) is 4.25. The summed E-state index contributed by atoms with van der Waals surface area (Å²) in [6.07, 6.45) is 2.03. The van der Waals surface area contributed by atoms with Crippen LogP contribution in [-0.2, 0) is 4.79 Å². The Balaban J connectivity index is 1.90. The molecule has 1 unspecified atom stereocenters. The molecule has 3 N–H and O–H groups in total. The van der Waals surface area contributed by atoms with Crippen molar-refractivity contribution < 1.29 is 4.79 Å². The molecule has 1 aromatic rings. The Bertz CT molecular complexity index is 372. The molecule has 0 aliphatic carbocycles. The second-order valence-corrected chi connectivity index (χ2v) is 5.76. The van der Waals surface area contributed by atoms with E-state index < -0.39 is 0 Å². The molecule has 1 atom stereocenters. The number of piperidine rings is 1. The number of nitrogens with two attached hydrogens (primary N) is 1. The molecule has 2 rings (SSSR count). The molecule has 0 radical (unpaired) electrons. The van der Waals surface area contributed by atoms with Crippen LogP contribution in [0.25, 0.3) is 0 Å². The third kappa shape index (κ3) is 3.31. The number of carbonyl (C=O) groups is 1. The van der Waals surface area contributed by atoms with Crippen LogP contribution in [0.4, 0.5) is 0 Å². The number of thiophene rings is 1. The van der Waals surface area contributed by atoms with Crippen LogP contribution in [0.2, 0.25) is 0 Å². The molecule has 0 aromatic carbocycles. The average molecular weight is 267 g/mol. The lowest BCUT2D eigenvalue weighted by atomic mass is 10.0. The van der Waals surface area contributed by atoms with Crippen LogP contribution in [0.1, 0.15) is 30.7 Å². The summed E-state index contributed by atoms with van der Waals surface area (Å²) in [6, 6.07) is 4.90. The molecule has 5 heteroatoms. The molecule has 0 saturated carbocycles. The van der Waals surface area contributed by atoms with Crippen LogP contribution in [0.15, 0.2) is 17.5 Å². The maximum absolute atomic E-state index is 11.0. The van der Waals surface area contributed by atoms with Crippen molar-refractivity contribution in [2.24, 2.45) is 5.73 Å². The van der Waals surface area contributed by atoms with Gasteiger partial charge in [0.2, 0.25) is 5.91 Å². The van der Waals surface area contributed by atoms with Crippen LogP contribution in [0.3, 0.4) is 0 Å². The Morgan fingerprint density at radius 1 is 1.61 bits per heavy atom. The van der Waals surface area contributed by atoms with E-state index in [9.17, 15) is 4.79 Å². The molecular formula is C13H21N3OS. The minimum Gasteiger partial charge on any atom is -0.354 e. The Hall–Kier alpha value is -0.910. The van der Waals surface area contributed by atoms with E-state index in [1.807, 2.05) is 0 Å². The molecule has 0 spiro atoms. The van der Waals surface area contributed by atoms with Gasteiger partial charge in [0, 0.05) is 37.5 Å². The monoisotopic (exact) mass is 267 g/mol. The van der Waals surface area contributed by atoms with Gasteiger partial charge in [0.25, 0.3) is 0 Å². The van der Waals surface area contributed by atoms with E-state index in [1.54, 1.807) is 18.3 Å². The maximum Gasteiger partial charge on any atom is 0.217 e. The number of nitrogens with one attached hydrogen (secondary N) is 1. The van der Waals surface area contributed by atoms with E-state index in [0.717, 1.165) is 25.9 Å². The second kappa shape index (κ2) is 6.31. The first-order valence-electron chi connectivity index (χ1n) is 6.45. The average Bonchev–Trinajstić information content (AvgIpc) is 2.85. The van der Waals surface area contributed by atoms with Gasteiger partial charge in [-0.15, -0.1) is 11.3 Å². The van der Waals surface area contributed by atoms with Crippen LogP contribution in [-0.4, -0.2) is 36.5 Å². The van der Waals surface area contributed by atoms with Crippen molar-refractivity contribution >= 4 is 17.2 Å². The summed E-state index contributed by atoms with van der Waals surface area (Å²) in [7, 11) is 0. The summed E-state index contributed by atoms with van der Waals surface area (Å²) in [5.74, 6) is 0.0714. The Morgan fingerprint density at radius 3 is 2.83 bits per heavy atom. The van der Waals surface area contributed by atoms with Gasteiger partial charge in [0.15, 0.2) is 0 Å². The molecule has 1 aliphatic heterocycles. The number of amides is 1. The van der Waals surface area contributed by atoms with E-state index in [2.05, 4.69) is 27.7 Å². The molecule has 4 nitrogen and oxygen atoms in total. The normalized spacial score (nSPS) is 19.7. The first-order valence-corrected chi connectivity index (χ1v) is 7.33. The minimum absolute atomic E-state index is 0.0714. The smallest absolute Gasteiger partial charge is 0.217 e. The van der Waals surface area contributed by atoms with Crippen LogP contribution >= 0.6 is 11.3 Å². The van der Waals surface area contributed by atoms with Crippen molar-refractivity contribution in [2.45, 2.75) is 31.8 Å². The second-order valence-electron chi connectivity index (χ2n) is 4.78. The maximum atomic E-state index is 11.0. The van der Waals surface area contributed by atoms with Gasteiger partial charge in [-0.2, -0.15) is 0 Å². The molecule has 100 valence electrons. The molecule has 1 aliphatic rings. The highest BCUT2D eigenvalue weighted by Crippen LogP contribution is 2.27. The minimum atomic E-state index is 0.0714. The van der Waals surface area contributed by atoms with Gasteiger partial charge in [-0.25, -0.2) is 0 Å². The predicted octanol–water partition coefficient (Wildman–Crippen LogP) is 1.35. The first kappa shape index (κ1) is 13.5. The fraction of sp³-hybridized carbons (Fsp3) is 0.615. The van der Waals surface area contributed by atoms with Crippen LogP contribution < -0.4 is 11.1 Å². The first-order chi connectivity index (χ1) is 8.70. The van der Waals surface area contributed by atoms with Crippen molar-refractivity contribution in [3.8, 4) is 0 Å². The molecular weight excluding hydrogens is 246 g/mol. The van der Waals surface area contributed by atoms with Gasteiger partial charge >= 0.3 is 0 Å². The molecule has 1 fully saturated rings. The van der Waals surface area contributed by atoms with Crippen molar-refractivity contribution in [1.29, 1.82) is 0 Å². The summed E-state index contributed by atoms with van der Waals surface area (Å²) in [5.41, 5.74) is 5.91. The van der Waals surface area contributed by atoms with E-state index in [4.69, 9.17) is 5.73 Å². The van der Waals surface area contributed by atoms with E-state index in [1.165, 1.54) is 4.88 Å². The van der Waals surface area contributed by atoms with E-state index in [0.29, 0.717) is 18.6 Å². The van der Waals surface area contributed by atoms with Crippen molar-refractivity contribution in [3.63, 3.8) is 0 Å². The summed E-state index contributed by atoms with van der Waals surface area (Å²) in [5, 5.41) is 5.10. The summed E-state index contributed by atoms with van der Waals surface area (Å²) >= 11 is 1.77.